The Morgan fingerprint density at radius 1 is 0.947 bits per heavy atom. The van der Waals surface area contributed by atoms with Crippen LogP contribution in [0.3, 0.4) is 0 Å². The minimum atomic E-state index is -0.0664. The molecule has 1 aliphatic heterocycles. The molecular formula is C16H30O2S. The zero-order chi connectivity index (χ0) is 13.9. The molecule has 3 heteroatoms. The van der Waals surface area contributed by atoms with Crippen LogP contribution in [0.15, 0.2) is 0 Å². The van der Waals surface area contributed by atoms with E-state index in [1.54, 1.807) is 0 Å². The number of ether oxygens (including phenoxy) is 1. The molecule has 1 aliphatic rings. The third-order valence-corrected chi connectivity index (χ3v) is 5.55. The smallest absolute Gasteiger partial charge is 0.305 e. The van der Waals surface area contributed by atoms with Crippen LogP contribution >= 0.6 is 11.8 Å². The third kappa shape index (κ3) is 8.56. The van der Waals surface area contributed by atoms with E-state index in [1.165, 1.54) is 64.9 Å². The molecule has 0 aromatic heterocycles. The number of thioether (sulfide) groups is 1. The molecule has 2 atom stereocenters. The van der Waals surface area contributed by atoms with Gasteiger partial charge in [-0.3, -0.25) is 4.79 Å². The van der Waals surface area contributed by atoms with Crippen LogP contribution in [0.2, 0.25) is 0 Å². The summed E-state index contributed by atoms with van der Waals surface area (Å²) in [6, 6.07) is 0. The maximum atomic E-state index is 10.9. The summed E-state index contributed by atoms with van der Waals surface area (Å²) in [5.41, 5.74) is 0. The molecule has 0 saturated carbocycles. The Hall–Kier alpha value is -0.180. The van der Waals surface area contributed by atoms with Gasteiger partial charge in [-0.2, -0.15) is 11.8 Å². The van der Waals surface area contributed by atoms with Crippen molar-refractivity contribution in [2.45, 2.75) is 88.1 Å². The summed E-state index contributed by atoms with van der Waals surface area (Å²) in [5.74, 6) is -0.0664. The minimum Gasteiger partial charge on any atom is -0.469 e. The van der Waals surface area contributed by atoms with Crippen molar-refractivity contribution in [2.75, 3.05) is 7.11 Å². The first-order valence-corrected chi connectivity index (χ1v) is 8.94. The van der Waals surface area contributed by atoms with Crippen molar-refractivity contribution < 1.29 is 9.53 Å². The fourth-order valence-electron chi connectivity index (χ4n) is 2.57. The average molecular weight is 286 g/mol. The highest BCUT2D eigenvalue weighted by Gasteiger charge is 2.35. The zero-order valence-electron chi connectivity index (χ0n) is 12.7. The summed E-state index contributed by atoms with van der Waals surface area (Å²) in [6.07, 6.45) is 13.8. The van der Waals surface area contributed by atoms with Gasteiger partial charge < -0.3 is 4.74 Å². The first-order valence-electron chi connectivity index (χ1n) is 8.00. The van der Waals surface area contributed by atoms with Crippen LogP contribution in [0, 0.1) is 0 Å². The van der Waals surface area contributed by atoms with Gasteiger partial charge in [-0.15, -0.1) is 0 Å². The van der Waals surface area contributed by atoms with E-state index in [0.717, 1.165) is 16.9 Å². The van der Waals surface area contributed by atoms with Crippen LogP contribution in [0.4, 0.5) is 0 Å². The molecule has 0 aromatic carbocycles. The molecule has 1 fully saturated rings. The summed E-state index contributed by atoms with van der Waals surface area (Å²) in [6.45, 7) is 2.30. The van der Waals surface area contributed by atoms with Gasteiger partial charge in [0.05, 0.1) is 7.11 Å². The van der Waals surface area contributed by atoms with Crippen LogP contribution in [0.1, 0.15) is 77.6 Å². The molecule has 0 spiro atoms. The Morgan fingerprint density at radius 2 is 1.53 bits per heavy atom. The van der Waals surface area contributed by atoms with Gasteiger partial charge in [0.1, 0.15) is 0 Å². The first kappa shape index (κ1) is 16.9. The molecule has 0 bridgehead atoms. The van der Waals surface area contributed by atoms with E-state index in [4.69, 9.17) is 0 Å². The predicted octanol–water partition coefficient (Wildman–Crippen LogP) is 4.95. The average Bonchev–Trinajstić information content (AvgIpc) is 3.19. The van der Waals surface area contributed by atoms with Crippen molar-refractivity contribution in [3.05, 3.63) is 0 Å². The molecule has 1 saturated heterocycles. The highest BCUT2D eigenvalue weighted by Crippen LogP contribution is 2.46. The van der Waals surface area contributed by atoms with Crippen LogP contribution in [0.5, 0.6) is 0 Å². The normalized spacial score (nSPS) is 21.4. The fourth-order valence-corrected chi connectivity index (χ4v) is 3.75. The van der Waals surface area contributed by atoms with E-state index in [-0.39, 0.29) is 5.97 Å². The SMILES string of the molecule is CCC1SC1CCCCCCCCCCC(=O)OC. The van der Waals surface area contributed by atoms with Gasteiger partial charge in [-0.1, -0.05) is 51.9 Å². The number of carbonyl (C=O) groups is 1. The van der Waals surface area contributed by atoms with Crippen molar-refractivity contribution in [1.82, 2.24) is 0 Å². The maximum Gasteiger partial charge on any atom is 0.305 e. The Balaban J connectivity index is 1.71. The van der Waals surface area contributed by atoms with Crippen molar-refractivity contribution in [1.29, 1.82) is 0 Å². The lowest BCUT2D eigenvalue weighted by Crippen LogP contribution is -1.99. The minimum absolute atomic E-state index is 0.0664. The van der Waals surface area contributed by atoms with Crippen molar-refractivity contribution in [3.8, 4) is 0 Å². The lowest BCUT2D eigenvalue weighted by Gasteiger charge is -2.02. The summed E-state index contributed by atoms with van der Waals surface area (Å²) < 4.78 is 4.62. The molecule has 0 aromatic rings. The molecule has 0 aliphatic carbocycles. The molecule has 0 N–H and O–H groups in total. The molecule has 19 heavy (non-hydrogen) atoms. The summed E-state index contributed by atoms with van der Waals surface area (Å²) in [5, 5.41) is 2.00. The molecule has 2 nitrogen and oxygen atoms in total. The molecule has 1 heterocycles. The van der Waals surface area contributed by atoms with E-state index in [0.29, 0.717) is 6.42 Å². The Morgan fingerprint density at radius 3 is 2.05 bits per heavy atom. The second-order valence-electron chi connectivity index (χ2n) is 5.56. The van der Waals surface area contributed by atoms with E-state index in [9.17, 15) is 4.79 Å². The summed E-state index contributed by atoms with van der Waals surface area (Å²) >= 11 is 2.18. The molecule has 112 valence electrons. The Kier molecular flexibility index (Phi) is 9.40. The third-order valence-electron chi connectivity index (χ3n) is 3.94. The molecule has 2 unspecified atom stereocenters. The number of esters is 1. The number of carbonyl (C=O) groups excluding carboxylic acids is 1. The van der Waals surface area contributed by atoms with Gasteiger partial charge in [0.15, 0.2) is 0 Å². The largest absolute Gasteiger partial charge is 0.469 e. The topological polar surface area (TPSA) is 26.3 Å². The maximum absolute atomic E-state index is 10.9. The summed E-state index contributed by atoms with van der Waals surface area (Å²) in [7, 11) is 1.46. The van der Waals surface area contributed by atoms with Gasteiger partial charge in [0, 0.05) is 16.9 Å². The lowest BCUT2D eigenvalue weighted by atomic mass is 10.0. The monoisotopic (exact) mass is 286 g/mol. The Bertz CT molecular complexity index is 243. The molecular weight excluding hydrogens is 256 g/mol. The van der Waals surface area contributed by atoms with Crippen LogP contribution in [-0.4, -0.2) is 23.6 Å². The quantitative estimate of drug-likeness (QED) is 0.288. The zero-order valence-corrected chi connectivity index (χ0v) is 13.5. The van der Waals surface area contributed by atoms with Gasteiger partial charge in [-0.05, 0) is 19.3 Å². The molecule has 0 radical (unpaired) electrons. The van der Waals surface area contributed by atoms with Crippen LogP contribution < -0.4 is 0 Å². The van der Waals surface area contributed by atoms with E-state index in [1.807, 2.05) is 0 Å². The number of methoxy groups -OCH3 is 1. The van der Waals surface area contributed by atoms with Crippen LogP contribution in [0.25, 0.3) is 0 Å². The van der Waals surface area contributed by atoms with Crippen molar-refractivity contribution >= 4 is 17.7 Å². The van der Waals surface area contributed by atoms with Gasteiger partial charge >= 0.3 is 5.97 Å². The van der Waals surface area contributed by atoms with Gasteiger partial charge in [0.2, 0.25) is 0 Å². The first-order chi connectivity index (χ1) is 9.27. The van der Waals surface area contributed by atoms with E-state index in [2.05, 4.69) is 23.4 Å². The fraction of sp³-hybridized carbons (Fsp3) is 0.938. The van der Waals surface area contributed by atoms with Crippen molar-refractivity contribution in [2.24, 2.45) is 0 Å². The molecule has 1 rings (SSSR count). The van der Waals surface area contributed by atoms with E-state index < -0.39 is 0 Å². The number of hydrogen-bond acceptors (Lipinski definition) is 3. The van der Waals surface area contributed by atoms with Gasteiger partial charge in [0.25, 0.3) is 0 Å². The molecule has 0 amide bonds. The van der Waals surface area contributed by atoms with Crippen LogP contribution in [-0.2, 0) is 9.53 Å². The number of unbranched alkanes of at least 4 members (excludes halogenated alkanes) is 7. The number of hydrogen-bond donors (Lipinski definition) is 0. The standard InChI is InChI=1S/C16H30O2S/c1-3-14-15(19-14)12-10-8-6-4-5-7-9-11-13-16(17)18-2/h14-15H,3-13H2,1-2H3. The van der Waals surface area contributed by atoms with Crippen molar-refractivity contribution in [3.63, 3.8) is 0 Å². The highest BCUT2D eigenvalue weighted by atomic mass is 32.2. The highest BCUT2D eigenvalue weighted by molar-refractivity contribution is 8.07. The second-order valence-corrected chi connectivity index (χ2v) is 7.05. The summed E-state index contributed by atoms with van der Waals surface area (Å²) in [4.78, 5) is 10.9. The predicted molar refractivity (Wildman–Crippen MR) is 83.6 cm³/mol. The van der Waals surface area contributed by atoms with Gasteiger partial charge in [-0.25, -0.2) is 0 Å². The lowest BCUT2D eigenvalue weighted by molar-refractivity contribution is -0.140. The van der Waals surface area contributed by atoms with E-state index >= 15 is 0 Å². The second kappa shape index (κ2) is 10.6. The Labute approximate surface area is 123 Å². The number of rotatable bonds is 12.